The largest absolute Gasteiger partial charge is 0.435 e. The molecule has 3 aromatic rings. The summed E-state index contributed by atoms with van der Waals surface area (Å²) in [5.41, 5.74) is 3.18. The van der Waals surface area contributed by atoms with E-state index in [4.69, 9.17) is 9.15 Å². The maximum Gasteiger partial charge on any atom is 0.291 e. The van der Waals surface area contributed by atoms with Gasteiger partial charge in [-0.2, -0.15) is 0 Å². The van der Waals surface area contributed by atoms with Crippen molar-refractivity contribution in [3.05, 3.63) is 51.9 Å². The number of aryl methyl sites for hydroxylation is 4. The molecule has 0 spiro atoms. The van der Waals surface area contributed by atoms with E-state index >= 15 is 0 Å². The third-order valence-electron chi connectivity index (χ3n) is 4.87. The first kappa shape index (κ1) is 20.5. The molecule has 1 aliphatic heterocycles. The average Bonchev–Trinajstić information content (AvgIpc) is 3.32. The molecule has 0 aromatic carbocycles. The van der Waals surface area contributed by atoms with Crippen LogP contribution >= 0.6 is 11.3 Å². The summed E-state index contributed by atoms with van der Waals surface area (Å²) >= 11 is 1.59. The van der Waals surface area contributed by atoms with Crippen molar-refractivity contribution in [2.24, 2.45) is 0 Å². The van der Waals surface area contributed by atoms with Crippen LogP contribution in [0, 0.1) is 20.8 Å². The number of rotatable bonds is 5. The molecule has 0 aliphatic carbocycles. The smallest absolute Gasteiger partial charge is 0.291 e. The molecule has 0 unspecified atom stereocenters. The fraction of sp³-hybridized carbons (Fsp3) is 0.429. The highest BCUT2D eigenvalue weighted by Gasteiger charge is 2.30. The average molecular weight is 428 g/mol. The van der Waals surface area contributed by atoms with E-state index < -0.39 is 0 Å². The van der Waals surface area contributed by atoms with Gasteiger partial charge in [0.15, 0.2) is 11.0 Å². The van der Waals surface area contributed by atoms with Gasteiger partial charge in [0.25, 0.3) is 5.91 Å². The summed E-state index contributed by atoms with van der Waals surface area (Å²) in [6.07, 6.45) is 2.18. The second kappa shape index (κ2) is 8.53. The number of carbonyl (C=O) groups is 1. The van der Waals surface area contributed by atoms with Gasteiger partial charge in [0.1, 0.15) is 6.10 Å². The predicted octanol–water partition coefficient (Wildman–Crippen LogP) is 3.97. The molecule has 1 aliphatic rings. The molecular formula is C21H25N5O3S. The van der Waals surface area contributed by atoms with Gasteiger partial charge in [-0.3, -0.25) is 9.78 Å². The molecule has 4 rings (SSSR count). The van der Waals surface area contributed by atoms with E-state index in [2.05, 4.69) is 20.3 Å². The van der Waals surface area contributed by atoms with Crippen LogP contribution in [-0.2, 0) is 11.2 Å². The summed E-state index contributed by atoms with van der Waals surface area (Å²) in [6, 6.07) is 3.92. The van der Waals surface area contributed by atoms with Crippen molar-refractivity contribution in [2.45, 2.75) is 40.2 Å². The first-order chi connectivity index (χ1) is 14.4. The monoisotopic (exact) mass is 427 g/mol. The number of oxazole rings is 1. The summed E-state index contributed by atoms with van der Waals surface area (Å²) in [5, 5.41) is 4.16. The Morgan fingerprint density at radius 2 is 2.13 bits per heavy atom. The zero-order valence-corrected chi connectivity index (χ0v) is 18.4. The number of morpholine rings is 1. The lowest BCUT2D eigenvalue weighted by atomic mass is 10.1. The molecule has 1 atom stereocenters. The van der Waals surface area contributed by atoms with Crippen LogP contribution in [0.5, 0.6) is 0 Å². The van der Waals surface area contributed by atoms with Crippen LogP contribution in [-0.4, -0.2) is 45.5 Å². The molecular weight excluding hydrogens is 402 g/mol. The first-order valence-electron chi connectivity index (χ1n) is 9.98. The van der Waals surface area contributed by atoms with E-state index in [0.29, 0.717) is 43.5 Å². The van der Waals surface area contributed by atoms with Crippen molar-refractivity contribution >= 4 is 28.1 Å². The van der Waals surface area contributed by atoms with Gasteiger partial charge < -0.3 is 19.4 Å². The topological polar surface area (TPSA) is 93.4 Å². The molecule has 1 amide bonds. The van der Waals surface area contributed by atoms with E-state index in [-0.39, 0.29) is 12.0 Å². The summed E-state index contributed by atoms with van der Waals surface area (Å²) in [7, 11) is 0. The number of carbonyl (C=O) groups excluding carboxylic acids is 1. The Balaban J connectivity index is 1.52. The minimum absolute atomic E-state index is 0.155. The lowest BCUT2D eigenvalue weighted by molar-refractivity contribution is -0.0257. The van der Waals surface area contributed by atoms with Gasteiger partial charge >= 0.3 is 0 Å². The fourth-order valence-electron chi connectivity index (χ4n) is 3.43. The van der Waals surface area contributed by atoms with Gasteiger partial charge in [-0.15, -0.1) is 11.3 Å². The number of ether oxygens (including phenoxy) is 1. The number of thiazole rings is 1. The minimum atomic E-state index is -0.310. The Morgan fingerprint density at radius 3 is 2.83 bits per heavy atom. The summed E-state index contributed by atoms with van der Waals surface area (Å²) < 4.78 is 11.6. The standard InChI is InChI=1S/C21H25N5O3S/c1-5-18-24-14(4)19(29-18)20(27)26-6-7-28-17(11-26)16-9-15(8-12(2)23-16)25-21-22-10-13(3)30-21/h8-10,17H,5-7,11H2,1-4H3,(H,22,23,25)/t17-/m0/s1. The second-order valence-electron chi connectivity index (χ2n) is 7.31. The van der Waals surface area contributed by atoms with Gasteiger partial charge in [-0.25, -0.2) is 9.97 Å². The maximum absolute atomic E-state index is 13.0. The van der Waals surface area contributed by atoms with E-state index in [9.17, 15) is 4.79 Å². The Kier molecular flexibility index (Phi) is 5.83. The molecule has 0 radical (unpaired) electrons. The first-order valence-corrected chi connectivity index (χ1v) is 10.8. The predicted molar refractivity (Wildman–Crippen MR) is 114 cm³/mol. The normalized spacial score (nSPS) is 16.7. The highest BCUT2D eigenvalue weighted by atomic mass is 32.1. The zero-order chi connectivity index (χ0) is 21.3. The van der Waals surface area contributed by atoms with Gasteiger partial charge in [0, 0.05) is 35.4 Å². The number of anilines is 2. The van der Waals surface area contributed by atoms with E-state index in [1.165, 1.54) is 0 Å². The molecule has 1 fully saturated rings. The van der Waals surface area contributed by atoms with Gasteiger partial charge in [0.2, 0.25) is 5.76 Å². The lowest BCUT2D eigenvalue weighted by Gasteiger charge is -2.32. The number of aromatic nitrogens is 3. The summed E-state index contributed by atoms with van der Waals surface area (Å²) in [6.45, 7) is 9.07. The van der Waals surface area contributed by atoms with Crippen molar-refractivity contribution in [2.75, 3.05) is 25.0 Å². The lowest BCUT2D eigenvalue weighted by Crippen LogP contribution is -2.42. The zero-order valence-electron chi connectivity index (χ0n) is 17.6. The van der Waals surface area contributed by atoms with Gasteiger partial charge in [-0.1, -0.05) is 6.92 Å². The van der Waals surface area contributed by atoms with E-state index in [1.54, 1.807) is 23.2 Å². The molecule has 0 bridgehead atoms. The van der Waals surface area contributed by atoms with Gasteiger partial charge in [0.05, 0.1) is 24.5 Å². The molecule has 0 saturated carbocycles. The second-order valence-corrected chi connectivity index (χ2v) is 8.54. The molecule has 1 saturated heterocycles. The quantitative estimate of drug-likeness (QED) is 0.658. The molecule has 158 valence electrons. The van der Waals surface area contributed by atoms with Crippen LogP contribution in [0.4, 0.5) is 10.8 Å². The van der Waals surface area contributed by atoms with E-state index in [1.807, 2.05) is 39.1 Å². The van der Waals surface area contributed by atoms with Gasteiger partial charge in [-0.05, 0) is 32.9 Å². The number of hydrogen-bond acceptors (Lipinski definition) is 8. The Labute approximate surface area is 179 Å². The van der Waals surface area contributed by atoms with Crippen molar-refractivity contribution in [1.29, 1.82) is 0 Å². The molecule has 30 heavy (non-hydrogen) atoms. The summed E-state index contributed by atoms with van der Waals surface area (Å²) in [5.74, 6) is 0.734. The minimum Gasteiger partial charge on any atom is -0.435 e. The number of amides is 1. The van der Waals surface area contributed by atoms with Crippen molar-refractivity contribution < 1.29 is 13.9 Å². The van der Waals surface area contributed by atoms with Crippen LogP contribution in [0.1, 0.15) is 51.4 Å². The van der Waals surface area contributed by atoms with Crippen LogP contribution in [0.3, 0.4) is 0 Å². The number of pyridine rings is 1. The van der Waals surface area contributed by atoms with Crippen LogP contribution in [0.15, 0.2) is 22.7 Å². The Bertz CT molecular complexity index is 1060. The van der Waals surface area contributed by atoms with Crippen LogP contribution in [0.2, 0.25) is 0 Å². The number of nitrogens with zero attached hydrogens (tertiary/aromatic N) is 4. The van der Waals surface area contributed by atoms with Crippen molar-refractivity contribution in [1.82, 2.24) is 19.9 Å². The fourth-order valence-corrected chi connectivity index (χ4v) is 4.11. The van der Waals surface area contributed by atoms with E-state index in [0.717, 1.165) is 27.1 Å². The maximum atomic E-state index is 13.0. The Hall–Kier alpha value is -2.78. The summed E-state index contributed by atoms with van der Waals surface area (Å²) in [4.78, 5) is 29.2. The number of hydrogen-bond donors (Lipinski definition) is 1. The molecule has 8 nitrogen and oxygen atoms in total. The molecule has 9 heteroatoms. The SMILES string of the molecule is CCc1nc(C)c(C(=O)N2CCO[C@H](c3cc(Nc4ncc(C)s4)cc(C)n3)C2)o1. The van der Waals surface area contributed by atoms with Crippen molar-refractivity contribution in [3.63, 3.8) is 0 Å². The highest BCUT2D eigenvalue weighted by Crippen LogP contribution is 2.28. The third-order valence-corrected chi connectivity index (χ3v) is 5.70. The molecule has 4 heterocycles. The highest BCUT2D eigenvalue weighted by molar-refractivity contribution is 7.15. The van der Waals surface area contributed by atoms with Crippen LogP contribution in [0.25, 0.3) is 0 Å². The number of nitrogens with one attached hydrogen (secondary N) is 1. The van der Waals surface area contributed by atoms with Crippen molar-refractivity contribution in [3.8, 4) is 0 Å². The van der Waals surface area contributed by atoms with Crippen LogP contribution < -0.4 is 5.32 Å². The Morgan fingerprint density at radius 1 is 1.30 bits per heavy atom. The molecule has 3 aromatic heterocycles. The molecule has 1 N–H and O–H groups in total. The third kappa shape index (κ3) is 4.36.